The fraction of sp³-hybridized carbons (Fsp3) is 0.182. The van der Waals surface area contributed by atoms with Crippen LogP contribution in [0.1, 0.15) is 0 Å². The van der Waals surface area contributed by atoms with Gasteiger partial charge in [0.1, 0.15) is 6.54 Å². The van der Waals surface area contributed by atoms with E-state index in [1.54, 1.807) is 12.1 Å². The van der Waals surface area contributed by atoms with E-state index >= 15 is 0 Å². The molecule has 1 aliphatic rings. The molecule has 4 N–H and O–H groups in total. The Kier molecular flexibility index (Phi) is 3.57. The lowest BCUT2D eigenvalue weighted by atomic mass is 10.2. The van der Waals surface area contributed by atoms with E-state index in [1.165, 1.54) is 6.07 Å². The molecule has 19 heavy (non-hydrogen) atoms. The standard InChI is InChI=1S/C11H11ClN4O3/c12-6-1-2-7(13)8(3-6)15-9(17)5-16-10(18)4-14-11(16)19/h1-3H,4-5,13H2,(H,14,19)(H,15,17). The highest BCUT2D eigenvalue weighted by Gasteiger charge is 2.30. The van der Waals surface area contributed by atoms with Crippen LogP contribution in [-0.2, 0) is 9.59 Å². The molecule has 0 radical (unpaired) electrons. The van der Waals surface area contributed by atoms with Crippen molar-refractivity contribution in [2.24, 2.45) is 0 Å². The van der Waals surface area contributed by atoms with Crippen LogP contribution in [0.2, 0.25) is 5.02 Å². The number of rotatable bonds is 3. The molecule has 4 amide bonds. The number of carbonyl (C=O) groups excluding carboxylic acids is 3. The molecule has 0 unspecified atom stereocenters. The summed E-state index contributed by atoms with van der Waals surface area (Å²) in [6, 6.07) is 4.04. The van der Waals surface area contributed by atoms with Crippen LogP contribution in [0.25, 0.3) is 0 Å². The molecular formula is C11H11ClN4O3. The SMILES string of the molecule is Nc1ccc(Cl)cc1NC(=O)CN1C(=O)CNC1=O. The van der Waals surface area contributed by atoms with Gasteiger partial charge in [0.25, 0.3) is 5.91 Å². The molecule has 2 rings (SSSR count). The van der Waals surface area contributed by atoms with E-state index in [0.717, 1.165) is 4.90 Å². The minimum absolute atomic E-state index is 0.0918. The van der Waals surface area contributed by atoms with E-state index in [4.69, 9.17) is 17.3 Å². The van der Waals surface area contributed by atoms with Crippen molar-refractivity contribution in [3.63, 3.8) is 0 Å². The quantitative estimate of drug-likeness (QED) is 0.552. The number of benzene rings is 1. The van der Waals surface area contributed by atoms with Gasteiger partial charge in [-0.3, -0.25) is 14.5 Å². The fourth-order valence-electron chi connectivity index (χ4n) is 1.59. The van der Waals surface area contributed by atoms with E-state index in [-0.39, 0.29) is 13.1 Å². The van der Waals surface area contributed by atoms with Gasteiger partial charge in [0.05, 0.1) is 17.9 Å². The average Bonchev–Trinajstić information content (AvgIpc) is 2.65. The summed E-state index contributed by atoms with van der Waals surface area (Å²) in [7, 11) is 0. The maximum atomic E-state index is 11.7. The molecule has 0 aliphatic carbocycles. The van der Waals surface area contributed by atoms with Gasteiger partial charge in [-0.25, -0.2) is 4.79 Å². The predicted molar refractivity (Wildman–Crippen MR) is 69.6 cm³/mol. The van der Waals surface area contributed by atoms with Crippen LogP contribution in [-0.4, -0.2) is 35.8 Å². The minimum Gasteiger partial charge on any atom is -0.397 e. The molecular weight excluding hydrogens is 272 g/mol. The van der Waals surface area contributed by atoms with Crippen LogP contribution < -0.4 is 16.4 Å². The first kappa shape index (κ1) is 13.2. The number of imide groups is 1. The molecule has 1 fully saturated rings. The van der Waals surface area contributed by atoms with Crippen molar-refractivity contribution in [3.8, 4) is 0 Å². The molecule has 7 nitrogen and oxygen atoms in total. The number of anilines is 2. The lowest BCUT2D eigenvalue weighted by molar-refractivity contribution is -0.128. The molecule has 1 aliphatic heterocycles. The van der Waals surface area contributed by atoms with Crippen LogP contribution in [0.3, 0.4) is 0 Å². The highest BCUT2D eigenvalue weighted by molar-refractivity contribution is 6.31. The summed E-state index contributed by atoms with van der Waals surface area (Å²) in [5.41, 5.74) is 6.35. The Morgan fingerprint density at radius 3 is 2.84 bits per heavy atom. The first-order valence-electron chi connectivity index (χ1n) is 5.40. The number of carbonyl (C=O) groups is 3. The van der Waals surface area contributed by atoms with Gasteiger partial charge in [0.15, 0.2) is 0 Å². The molecule has 1 aromatic carbocycles. The third-order valence-corrected chi connectivity index (χ3v) is 2.76. The molecule has 1 aromatic rings. The van der Waals surface area contributed by atoms with Gasteiger partial charge in [-0.2, -0.15) is 0 Å². The Morgan fingerprint density at radius 2 is 2.21 bits per heavy atom. The second-order valence-electron chi connectivity index (χ2n) is 3.92. The van der Waals surface area contributed by atoms with E-state index in [2.05, 4.69) is 10.6 Å². The van der Waals surface area contributed by atoms with Crippen molar-refractivity contribution in [3.05, 3.63) is 23.2 Å². The number of hydrogen-bond acceptors (Lipinski definition) is 4. The summed E-state index contributed by atoms with van der Waals surface area (Å²) < 4.78 is 0. The Hall–Kier alpha value is -2.28. The summed E-state index contributed by atoms with van der Waals surface area (Å²) in [5, 5.41) is 5.23. The molecule has 8 heteroatoms. The minimum atomic E-state index is -0.584. The van der Waals surface area contributed by atoms with Crippen LogP contribution in [0.15, 0.2) is 18.2 Å². The van der Waals surface area contributed by atoms with Crippen molar-refractivity contribution in [2.75, 3.05) is 24.1 Å². The Labute approximate surface area is 113 Å². The largest absolute Gasteiger partial charge is 0.397 e. The van der Waals surface area contributed by atoms with E-state index in [9.17, 15) is 14.4 Å². The van der Waals surface area contributed by atoms with Crippen molar-refractivity contribution in [1.29, 1.82) is 0 Å². The Morgan fingerprint density at radius 1 is 1.47 bits per heavy atom. The summed E-state index contributed by atoms with van der Waals surface area (Å²) >= 11 is 5.78. The lowest BCUT2D eigenvalue weighted by Crippen LogP contribution is -2.38. The van der Waals surface area contributed by atoms with Gasteiger partial charge in [0, 0.05) is 5.02 Å². The average molecular weight is 283 g/mol. The summed E-state index contributed by atoms with van der Waals surface area (Å²) in [6.07, 6.45) is 0. The second kappa shape index (κ2) is 5.15. The number of hydrogen-bond donors (Lipinski definition) is 3. The van der Waals surface area contributed by atoms with Gasteiger partial charge in [-0.1, -0.05) is 11.6 Å². The van der Waals surface area contributed by atoms with Crippen molar-refractivity contribution in [2.45, 2.75) is 0 Å². The molecule has 0 saturated carbocycles. The first-order chi connectivity index (χ1) is 8.97. The molecule has 0 atom stereocenters. The van der Waals surface area contributed by atoms with Gasteiger partial charge in [-0.15, -0.1) is 0 Å². The van der Waals surface area contributed by atoms with Gasteiger partial charge < -0.3 is 16.4 Å². The van der Waals surface area contributed by atoms with Crippen molar-refractivity contribution < 1.29 is 14.4 Å². The summed E-state index contributed by atoms with van der Waals surface area (Å²) in [4.78, 5) is 35.1. The maximum Gasteiger partial charge on any atom is 0.325 e. The Bertz CT molecular complexity index is 545. The van der Waals surface area contributed by atoms with Gasteiger partial charge in [-0.05, 0) is 18.2 Å². The van der Waals surface area contributed by atoms with Crippen molar-refractivity contribution >= 4 is 40.8 Å². The van der Waals surface area contributed by atoms with Gasteiger partial charge >= 0.3 is 6.03 Å². The van der Waals surface area contributed by atoms with E-state index in [1.807, 2.05) is 0 Å². The zero-order chi connectivity index (χ0) is 14.0. The molecule has 0 bridgehead atoms. The number of halogens is 1. The molecule has 1 heterocycles. The van der Waals surface area contributed by atoms with Crippen LogP contribution >= 0.6 is 11.6 Å². The number of urea groups is 1. The lowest BCUT2D eigenvalue weighted by Gasteiger charge is -2.13. The smallest absolute Gasteiger partial charge is 0.325 e. The summed E-state index contributed by atoms with van der Waals surface area (Å²) in [6.45, 7) is -0.456. The normalized spacial score (nSPS) is 14.5. The number of amides is 4. The van der Waals surface area contributed by atoms with Crippen LogP contribution in [0.4, 0.5) is 16.2 Å². The monoisotopic (exact) mass is 282 g/mol. The predicted octanol–water partition coefficient (Wildman–Crippen LogP) is 0.412. The molecule has 0 spiro atoms. The molecule has 0 aromatic heterocycles. The second-order valence-corrected chi connectivity index (χ2v) is 4.35. The van der Waals surface area contributed by atoms with Crippen LogP contribution in [0, 0.1) is 0 Å². The number of nitrogens with one attached hydrogen (secondary N) is 2. The van der Waals surface area contributed by atoms with Gasteiger partial charge in [0.2, 0.25) is 5.91 Å². The number of nitrogens with two attached hydrogens (primary N) is 1. The summed E-state index contributed by atoms with van der Waals surface area (Å²) in [5.74, 6) is -0.974. The fourth-order valence-corrected chi connectivity index (χ4v) is 1.76. The zero-order valence-electron chi connectivity index (χ0n) is 9.77. The van der Waals surface area contributed by atoms with Crippen molar-refractivity contribution in [1.82, 2.24) is 10.2 Å². The number of nitrogen functional groups attached to an aromatic ring is 1. The topological polar surface area (TPSA) is 105 Å². The highest BCUT2D eigenvalue weighted by atomic mass is 35.5. The first-order valence-corrected chi connectivity index (χ1v) is 5.78. The van der Waals surface area contributed by atoms with E-state index in [0.29, 0.717) is 16.4 Å². The third-order valence-electron chi connectivity index (χ3n) is 2.53. The number of nitrogens with zero attached hydrogens (tertiary/aromatic N) is 1. The Balaban J connectivity index is 2.03. The van der Waals surface area contributed by atoms with Crippen LogP contribution in [0.5, 0.6) is 0 Å². The molecule has 100 valence electrons. The van der Waals surface area contributed by atoms with E-state index < -0.39 is 17.8 Å². The highest BCUT2D eigenvalue weighted by Crippen LogP contribution is 2.22. The zero-order valence-corrected chi connectivity index (χ0v) is 10.5. The maximum absolute atomic E-state index is 11.7. The third kappa shape index (κ3) is 2.94. The molecule has 1 saturated heterocycles.